The van der Waals surface area contributed by atoms with Crippen LogP contribution in [-0.4, -0.2) is 67.4 Å². The number of hydrogen-bond acceptors (Lipinski definition) is 4. The number of carbonyl (C=O) groups excluding carboxylic acids is 2. The Hall–Kier alpha value is -1.90. The molecule has 0 unspecified atom stereocenters. The summed E-state index contributed by atoms with van der Waals surface area (Å²) in [5.74, 6) is -0.584. The van der Waals surface area contributed by atoms with Crippen LogP contribution in [0.3, 0.4) is 0 Å². The summed E-state index contributed by atoms with van der Waals surface area (Å²) in [6.45, 7) is 3.12. The molecule has 2 aliphatic rings. The fourth-order valence-electron chi connectivity index (χ4n) is 4.13. The summed E-state index contributed by atoms with van der Waals surface area (Å²) in [7, 11) is -3.29. The van der Waals surface area contributed by atoms with Crippen molar-refractivity contribution in [2.24, 2.45) is 0 Å². The second-order valence-corrected chi connectivity index (χ2v) is 10.8. The van der Waals surface area contributed by atoms with Crippen molar-refractivity contribution in [2.75, 3.05) is 32.7 Å². The lowest BCUT2D eigenvalue weighted by Gasteiger charge is -2.36. The Morgan fingerprint density at radius 1 is 1.10 bits per heavy atom. The van der Waals surface area contributed by atoms with E-state index in [-0.39, 0.29) is 23.6 Å². The third kappa shape index (κ3) is 6.54. The maximum Gasteiger partial charge on any atom is 0.244 e. The van der Waals surface area contributed by atoms with E-state index in [0.29, 0.717) is 31.2 Å². The van der Waals surface area contributed by atoms with Crippen LogP contribution in [-0.2, 0) is 19.6 Å². The van der Waals surface area contributed by atoms with Gasteiger partial charge < -0.3 is 10.2 Å². The number of benzene rings is 1. The molecule has 1 aromatic rings. The van der Waals surface area contributed by atoms with E-state index >= 15 is 0 Å². The summed E-state index contributed by atoms with van der Waals surface area (Å²) < 4.78 is 27.2. The minimum absolute atomic E-state index is 0.118. The molecule has 1 saturated carbocycles. The van der Waals surface area contributed by atoms with E-state index in [9.17, 15) is 18.0 Å². The fourth-order valence-corrected chi connectivity index (χ4v) is 6.45. The molecule has 0 atom stereocenters. The van der Waals surface area contributed by atoms with E-state index in [1.165, 1.54) is 10.4 Å². The minimum Gasteiger partial charge on any atom is -0.343 e. The molecule has 2 amide bonds. The first-order chi connectivity index (χ1) is 14.8. The third-order valence-corrected chi connectivity index (χ3v) is 8.45. The molecule has 0 radical (unpaired) electrons. The van der Waals surface area contributed by atoms with Gasteiger partial charge in [-0.3, -0.25) is 9.59 Å². The highest BCUT2D eigenvalue weighted by Gasteiger charge is 2.35. The molecule has 1 aliphatic carbocycles. The molecule has 1 saturated heterocycles. The highest BCUT2D eigenvalue weighted by Crippen LogP contribution is 2.26. The lowest BCUT2D eigenvalue weighted by atomic mass is 10.0. The van der Waals surface area contributed by atoms with Crippen molar-refractivity contribution >= 4 is 39.5 Å². The Labute approximate surface area is 189 Å². The first kappa shape index (κ1) is 23.8. The number of hydrogen-bond donors (Lipinski definition) is 1. The van der Waals surface area contributed by atoms with Crippen LogP contribution in [0, 0.1) is 6.92 Å². The van der Waals surface area contributed by atoms with Crippen LogP contribution in [0.1, 0.15) is 43.2 Å². The van der Waals surface area contributed by atoms with Crippen LogP contribution in [0.2, 0.25) is 5.02 Å². The van der Waals surface area contributed by atoms with Gasteiger partial charge in [0.2, 0.25) is 21.8 Å². The minimum atomic E-state index is -3.29. The van der Waals surface area contributed by atoms with Crippen molar-refractivity contribution in [1.29, 1.82) is 0 Å². The van der Waals surface area contributed by atoms with Gasteiger partial charge in [0.25, 0.3) is 0 Å². The number of piperazine rings is 1. The lowest BCUT2D eigenvalue weighted by Crippen LogP contribution is -2.54. The summed E-state index contributed by atoms with van der Waals surface area (Å²) in [6.07, 6.45) is 7.51. The molecule has 0 spiro atoms. The van der Waals surface area contributed by atoms with Gasteiger partial charge in [-0.1, -0.05) is 36.9 Å². The van der Waals surface area contributed by atoms with Gasteiger partial charge in [0.1, 0.15) is 0 Å². The highest BCUT2D eigenvalue weighted by atomic mass is 35.5. The quantitative estimate of drug-likeness (QED) is 0.651. The molecule has 1 heterocycles. The molecule has 9 heteroatoms. The van der Waals surface area contributed by atoms with E-state index in [0.717, 1.165) is 43.2 Å². The summed E-state index contributed by atoms with van der Waals surface area (Å²) in [5, 5.41) is 2.91. The molecule has 7 nitrogen and oxygen atoms in total. The summed E-state index contributed by atoms with van der Waals surface area (Å²) in [6, 6.07) is 5.49. The van der Waals surface area contributed by atoms with Crippen molar-refractivity contribution in [3.8, 4) is 0 Å². The third-order valence-electron chi connectivity index (χ3n) is 5.83. The van der Waals surface area contributed by atoms with Crippen LogP contribution >= 0.6 is 11.6 Å². The second kappa shape index (κ2) is 10.6. The lowest BCUT2D eigenvalue weighted by molar-refractivity contribution is -0.133. The van der Waals surface area contributed by atoms with Crippen molar-refractivity contribution in [3.63, 3.8) is 0 Å². The molecule has 1 aromatic carbocycles. The number of amides is 2. The van der Waals surface area contributed by atoms with Crippen molar-refractivity contribution < 1.29 is 18.0 Å². The predicted molar refractivity (Wildman–Crippen MR) is 122 cm³/mol. The molecule has 31 heavy (non-hydrogen) atoms. The van der Waals surface area contributed by atoms with Crippen LogP contribution in [0.5, 0.6) is 0 Å². The average molecular weight is 468 g/mol. The maximum absolute atomic E-state index is 12.8. The Bertz CT molecular complexity index is 914. The van der Waals surface area contributed by atoms with E-state index in [2.05, 4.69) is 5.32 Å². The van der Waals surface area contributed by atoms with E-state index in [1.807, 2.05) is 19.1 Å². The number of sulfonamides is 1. The van der Waals surface area contributed by atoms with Gasteiger partial charge in [-0.2, -0.15) is 4.31 Å². The number of nitrogens with zero attached hydrogens (tertiary/aromatic N) is 2. The molecule has 1 N–H and O–H groups in total. The second-order valence-electron chi connectivity index (χ2n) is 8.20. The Kier molecular flexibility index (Phi) is 8.13. The molecule has 1 aliphatic heterocycles. The number of carbonyl (C=O) groups is 2. The van der Waals surface area contributed by atoms with Crippen molar-refractivity contribution in [3.05, 3.63) is 40.4 Å². The number of aryl methyl sites for hydroxylation is 1. The summed E-state index contributed by atoms with van der Waals surface area (Å²) >= 11 is 6.01. The number of halogens is 1. The van der Waals surface area contributed by atoms with E-state index in [1.54, 1.807) is 17.0 Å². The van der Waals surface area contributed by atoms with Crippen molar-refractivity contribution in [1.82, 2.24) is 14.5 Å². The van der Waals surface area contributed by atoms with Gasteiger partial charge in [-0.05, 0) is 49.1 Å². The number of rotatable bonds is 6. The highest BCUT2D eigenvalue weighted by molar-refractivity contribution is 7.89. The zero-order chi connectivity index (χ0) is 22.4. The first-order valence-electron chi connectivity index (χ1n) is 10.8. The van der Waals surface area contributed by atoms with Gasteiger partial charge in [-0.15, -0.1) is 0 Å². The molecule has 2 fully saturated rings. The van der Waals surface area contributed by atoms with Gasteiger partial charge in [0, 0.05) is 37.3 Å². The Morgan fingerprint density at radius 3 is 2.42 bits per heavy atom. The van der Waals surface area contributed by atoms with Crippen molar-refractivity contribution in [2.45, 2.75) is 44.3 Å². The summed E-state index contributed by atoms with van der Waals surface area (Å²) in [4.78, 5) is 26.1. The van der Waals surface area contributed by atoms with E-state index < -0.39 is 10.0 Å². The van der Waals surface area contributed by atoms with E-state index in [4.69, 9.17) is 11.6 Å². The van der Waals surface area contributed by atoms with Gasteiger partial charge in [0.05, 0.1) is 11.8 Å². The largest absolute Gasteiger partial charge is 0.343 e. The van der Waals surface area contributed by atoms with Crippen LogP contribution in [0.25, 0.3) is 6.08 Å². The summed E-state index contributed by atoms with van der Waals surface area (Å²) in [5.41, 5.74) is 1.80. The molecule has 3 rings (SSSR count). The topological polar surface area (TPSA) is 86.8 Å². The van der Waals surface area contributed by atoms with Gasteiger partial charge in [-0.25, -0.2) is 8.42 Å². The van der Waals surface area contributed by atoms with Crippen LogP contribution in [0.15, 0.2) is 24.3 Å². The smallest absolute Gasteiger partial charge is 0.244 e. The fraction of sp³-hybridized carbons (Fsp3) is 0.545. The Morgan fingerprint density at radius 2 is 1.77 bits per heavy atom. The molecule has 0 bridgehead atoms. The monoisotopic (exact) mass is 467 g/mol. The van der Waals surface area contributed by atoms with Gasteiger partial charge in [0.15, 0.2) is 0 Å². The standard InChI is InChI=1S/C22H30ClN3O4S/c1-17-13-18(15-19(23)14-17)7-8-21(27)24-16-22(28)25-9-11-26(12-10-25)31(29,30)20-5-3-2-4-6-20/h7-8,13-15,20H,2-6,9-12,16H2,1H3,(H,24,27)/b8-7+. The molecule has 0 aromatic heterocycles. The van der Waals surface area contributed by atoms with Crippen LogP contribution in [0.4, 0.5) is 0 Å². The average Bonchev–Trinajstić information content (AvgIpc) is 2.76. The normalized spacial score (nSPS) is 19.0. The maximum atomic E-state index is 12.8. The first-order valence-corrected chi connectivity index (χ1v) is 12.6. The number of nitrogens with one attached hydrogen (secondary N) is 1. The zero-order valence-corrected chi connectivity index (χ0v) is 19.4. The molecular formula is C22H30ClN3O4S. The molecule has 170 valence electrons. The van der Waals surface area contributed by atoms with Gasteiger partial charge >= 0.3 is 0 Å². The zero-order valence-electron chi connectivity index (χ0n) is 17.8. The Balaban J connectivity index is 1.44. The van der Waals surface area contributed by atoms with Crippen LogP contribution < -0.4 is 5.32 Å². The predicted octanol–water partition coefficient (Wildman–Crippen LogP) is 2.58. The molecular weight excluding hydrogens is 438 g/mol. The SMILES string of the molecule is Cc1cc(Cl)cc(/C=C/C(=O)NCC(=O)N2CCN(S(=O)(=O)C3CCCCC3)CC2)c1.